The van der Waals surface area contributed by atoms with E-state index in [0.29, 0.717) is 13.2 Å². The zero-order chi connectivity index (χ0) is 8.53. The Morgan fingerprint density at radius 2 is 2.27 bits per heavy atom. The van der Waals surface area contributed by atoms with Crippen LogP contribution in [0.25, 0.3) is 0 Å². The summed E-state index contributed by atoms with van der Waals surface area (Å²) in [5.74, 6) is 0.0856. The maximum absolute atomic E-state index is 8.10. The molecule has 0 rings (SSSR count). The van der Waals surface area contributed by atoms with E-state index in [1.165, 1.54) is 0 Å². The first kappa shape index (κ1) is 10.2. The van der Waals surface area contributed by atoms with Gasteiger partial charge in [0.1, 0.15) is 6.61 Å². The molecule has 5 heteroatoms. The quantitative estimate of drug-likeness (QED) is 0.186. The van der Waals surface area contributed by atoms with Crippen molar-refractivity contribution < 1.29 is 14.7 Å². The first-order chi connectivity index (χ1) is 5.31. The van der Waals surface area contributed by atoms with Gasteiger partial charge in [0.25, 0.3) is 0 Å². The van der Waals surface area contributed by atoms with Crippen molar-refractivity contribution in [2.24, 2.45) is 10.9 Å². The van der Waals surface area contributed by atoms with Gasteiger partial charge in [0, 0.05) is 20.3 Å². The van der Waals surface area contributed by atoms with Crippen LogP contribution in [0.5, 0.6) is 0 Å². The molecule has 5 nitrogen and oxygen atoms in total. The predicted octanol–water partition coefficient (Wildman–Crippen LogP) is -0.214. The first-order valence-corrected chi connectivity index (χ1v) is 3.34. The minimum absolute atomic E-state index is 0.0856. The van der Waals surface area contributed by atoms with E-state index in [0.717, 1.165) is 6.42 Å². The van der Waals surface area contributed by atoms with Crippen LogP contribution < -0.4 is 5.73 Å². The van der Waals surface area contributed by atoms with Crippen molar-refractivity contribution in [2.75, 3.05) is 26.9 Å². The Kier molecular flexibility index (Phi) is 6.76. The Bertz CT molecular complexity index is 116. The normalized spacial score (nSPS) is 11.9. The Hall–Kier alpha value is -0.810. The molecule has 0 unspecified atom stereocenters. The molecule has 0 aromatic heterocycles. The molecule has 0 aromatic rings. The smallest absolute Gasteiger partial charge is 0.165 e. The Labute approximate surface area is 65.8 Å². The molecule has 0 fully saturated rings. The Morgan fingerprint density at radius 1 is 1.55 bits per heavy atom. The average Bonchev–Trinajstić information content (AvgIpc) is 2.04. The number of hydrogen-bond donors (Lipinski definition) is 2. The molecule has 11 heavy (non-hydrogen) atoms. The minimum atomic E-state index is 0.0856. The number of rotatable bonds is 6. The predicted molar refractivity (Wildman–Crippen MR) is 40.7 cm³/mol. The van der Waals surface area contributed by atoms with Gasteiger partial charge in [-0.2, -0.15) is 0 Å². The zero-order valence-corrected chi connectivity index (χ0v) is 6.62. The first-order valence-electron chi connectivity index (χ1n) is 3.34. The van der Waals surface area contributed by atoms with Crippen molar-refractivity contribution in [1.29, 1.82) is 0 Å². The lowest BCUT2D eigenvalue weighted by molar-refractivity contribution is 0.124. The van der Waals surface area contributed by atoms with Gasteiger partial charge in [-0.05, 0) is 6.42 Å². The van der Waals surface area contributed by atoms with Gasteiger partial charge in [-0.3, -0.25) is 0 Å². The van der Waals surface area contributed by atoms with Crippen LogP contribution in [0.4, 0.5) is 0 Å². The molecule has 0 saturated carbocycles. The van der Waals surface area contributed by atoms with Crippen LogP contribution in [0.3, 0.4) is 0 Å². The van der Waals surface area contributed by atoms with Gasteiger partial charge in [0.2, 0.25) is 0 Å². The summed E-state index contributed by atoms with van der Waals surface area (Å²) in [6, 6.07) is 0. The minimum Gasteiger partial charge on any atom is -0.409 e. The molecule has 0 spiro atoms. The highest BCUT2D eigenvalue weighted by molar-refractivity contribution is 5.80. The maximum atomic E-state index is 8.10. The summed E-state index contributed by atoms with van der Waals surface area (Å²) in [5, 5.41) is 10.8. The Balaban J connectivity index is 3.02. The third kappa shape index (κ3) is 7.08. The van der Waals surface area contributed by atoms with E-state index in [9.17, 15) is 0 Å². The molecule has 0 heterocycles. The molecule has 0 bridgehead atoms. The second kappa shape index (κ2) is 7.30. The summed E-state index contributed by atoms with van der Waals surface area (Å²) in [5.41, 5.74) is 5.13. The van der Waals surface area contributed by atoms with Crippen molar-refractivity contribution >= 4 is 5.84 Å². The van der Waals surface area contributed by atoms with Crippen LogP contribution in [0.15, 0.2) is 5.16 Å². The third-order valence-electron chi connectivity index (χ3n) is 1.02. The topological polar surface area (TPSA) is 77.1 Å². The highest BCUT2D eigenvalue weighted by Crippen LogP contribution is 1.82. The molecule has 0 aliphatic heterocycles. The van der Waals surface area contributed by atoms with E-state index in [-0.39, 0.29) is 12.4 Å². The summed E-state index contributed by atoms with van der Waals surface area (Å²) >= 11 is 0. The molecule has 0 atom stereocenters. The molecular weight excluding hydrogens is 148 g/mol. The second-order valence-corrected chi connectivity index (χ2v) is 1.99. The van der Waals surface area contributed by atoms with Crippen molar-refractivity contribution in [1.82, 2.24) is 0 Å². The molecule has 0 aliphatic rings. The average molecular weight is 162 g/mol. The van der Waals surface area contributed by atoms with E-state index in [4.69, 9.17) is 20.4 Å². The SMILES string of the molecule is COCCCOC/C(N)=N/O. The molecule has 3 N–H and O–H groups in total. The number of ether oxygens (including phenoxy) is 2. The van der Waals surface area contributed by atoms with Crippen molar-refractivity contribution in [3.63, 3.8) is 0 Å². The van der Waals surface area contributed by atoms with Gasteiger partial charge in [-0.25, -0.2) is 0 Å². The largest absolute Gasteiger partial charge is 0.409 e. The van der Waals surface area contributed by atoms with Gasteiger partial charge in [0.15, 0.2) is 5.84 Å². The van der Waals surface area contributed by atoms with E-state index < -0.39 is 0 Å². The highest BCUT2D eigenvalue weighted by Gasteiger charge is 1.92. The molecule has 0 radical (unpaired) electrons. The number of nitrogens with zero attached hydrogens (tertiary/aromatic N) is 1. The van der Waals surface area contributed by atoms with Crippen LogP contribution >= 0.6 is 0 Å². The van der Waals surface area contributed by atoms with Gasteiger partial charge >= 0.3 is 0 Å². The van der Waals surface area contributed by atoms with Gasteiger partial charge in [-0.1, -0.05) is 5.16 Å². The summed E-state index contributed by atoms with van der Waals surface area (Å²) in [6.07, 6.45) is 0.815. The van der Waals surface area contributed by atoms with Crippen LogP contribution in [-0.2, 0) is 9.47 Å². The van der Waals surface area contributed by atoms with Crippen LogP contribution in [0.1, 0.15) is 6.42 Å². The second-order valence-electron chi connectivity index (χ2n) is 1.99. The number of oxime groups is 1. The number of amidine groups is 1. The van der Waals surface area contributed by atoms with Gasteiger partial charge in [0.05, 0.1) is 0 Å². The van der Waals surface area contributed by atoms with Crippen molar-refractivity contribution in [3.05, 3.63) is 0 Å². The fraction of sp³-hybridized carbons (Fsp3) is 0.833. The standard InChI is InChI=1S/C6H14N2O3/c1-10-3-2-4-11-5-6(7)8-9/h9H,2-5H2,1H3,(H2,7,8). The highest BCUT2D eigenvalue weighted by atomic mass is 16.5. The molecule has 0 aromatic carbocycles. The summed E-state index contributed by atoms with van der Waals surface area (Å²) in [7, 11) is 1.63. The fourth-order valence-electron chi connectivity index (χ4n) is 0.511. The fourth-order valence-corrected chi connectivity index (χ4v) is 0.511. The summed E-state index contributed by atoms with van der Waals surface area (Å²) in [6.45, 7) is 1.39. The van der Waals surface area contributed by atoms with E-state index in [1.807, 2.05) is 0 Å². The molecule has 0 aliphatic carbocycles. The monoisotopic (exact) mass is 162 g/mol. The van der Waals surface area contributed by atoms with E-state index in [1.54, 1.807) is 7.11 Å². The van der Waals surface area contributed by atoms with E-state index in [2.05, 4.69) is 5.16 Å². The van der Waals surface area contributed by atoms with Gasteiger partial charge < -0.3 is 20.4 Å². The summed E-state index contributed by atoms with van der Waals surface area (Å²) in [4.78, 5) is 0. The van der Waals surface area contributed by atoms with Crippen LogP contribution in [-0.4, -0.2) is 38.0 Å². The molecular formula is C6H14N2O3. The van der Waals surface area contributed by atoms with Crippen LogP contribution in [0.2, 0.25) is 0 Å². The summed E-state index contributed by atoms with van der Waals surface area (Å²) < 4.78 is 9.78. The lowest BCUT2D eigenvalue weighted by atomic mass is 10.5. The number of hydrogen-bond acceptors (Lipinski definition) is 4. The van der Waals surface area contributed by atoms with E-state index >= 15 is 0 Å². The Morgan fingerprint density at radius 3 is 2.82 bits per heavy atom. The van der Waals surface area contributed by atoms with Gasteiger partial charge in [-0.15, -0.1) is 0 Å². The number of methoxy groups -OCH3 is 1. The molecule has 0 amide bonds. The van der Waals surface area contributed by atoms with Crippen molar-refractivity contribution in [3.8, 4) is 0 Å². The lowest BCUT2D eigenvalue weighted by Gasteiger charge is -2.01. The lowest BCUT2D eigenvalue weighted by Crippen LogP contribution is -2.19. The number of nitrogens with two attached hydrogens (primary N) is 1. The third-order valence-corrected chi connectivity index (χ3v) is 1.02. The molecule has 66 valence electrons. The maximum Gasteiger partial charge on any atom is 0.165 e. The van der Waals surface area contributed by atoms with Crippen molar-refractivity contribution in [2.45, 2.75) is 6.42 Å². The zero-order valence-electron chi connectivity index (χ0n) is 6.62. The molecule has 0 saturated heterocycles. The van der Waals surface area contributed by atoms with Crippen LogP contribution in [0, 0.1) is 0 Å².